The molecular weight excluding hydrogens is 548 g/mol. The zero-order valence-corrected chi connectivity index (χ0v) is 24.5. The Labute approximate surface area is 252 Å². The van der Waals surface area contributed by atoms with E-state index in [4.69, 9.17) is 26.7 Å². The van der Waals surface area contributed by atoms with E-state index in [0.717, 1.165) is 11.1 Å². The van der Waals surface area contributed by atoms with Crippen LogP contribution in [0.2, 0.25) is 0 Å². The first kappa shape index (κ1) is 33.1. The quantitative estimate of drug-likeness (QED) is 0.158. The van der Waals surface area contributed by atoms with Gasteiger partial charge in [-0.2, -0.15) is 0 Å². The van der Waals surface area contributed by atoms with Crippen molar-refractivity contribution in [3.63, 3.8) is 0 Å². The van der Waals surface area contributed by atoms with Crippen LogP contribution < -0.4 is 37.3 Å². The molecule has 3 amide bonds. The molecule has 0 saturated heterocycles. The lowest BCUT2D eigenvalue weighted by molar-refractivity contribution is -0.135. The number of benzene rings is 3. The Bertz CT molecular complexity index is 1320. The number of carbonyl (C=O) groups is 3. The molecule has 0 bridgehead atoms. The summed E-state index contributed by atoms with van der Waals surface area (Å²) in [7, 11) is 1.57. The predicted octanol–water partition coefficient (Wildman–Crippen LogP) is 1.68. The third-order valence-electron chi connectivity index (χ3n) is 6.79. The number of aryl methyl sites for hydroxylation is 1. The molecule has 0 saturated carbocycles. The molecule has 11 heteroatoms. The number of rotatable bonds is 17. The SMILES string of the molecule is COc1ccccc1Oc1ccccc1CNC(=O)C(CCc1ccccc1)NC(=O)C(N)CC(=O)N(CCN)CCN. The van der Waals surface area contributed by atoms with Crippen LogP contribution in [-0.4, -0.2) is 68.0 Å². The van der Waals surface area contributed by atoms with E-state index in [9.17, 15) is 14.4 Å². The number of nitrogens with two attached hydrogens (primary N) is 3. The maximum Gasteiger partial charge on any atom is 0.242 e. The van der Waals surface area contributed by atoms with Gasteiger partial charge in [-0.05, 0) is 36.6 Å². The molecule has 230 valence electrons. The fraction of sp³-hybridized carbons (Fsp3) is 0.344. The first-order chi connectivity index (χ1) is 20.9. The maximum absolute atomic E-state index is 13.4. The number of hydrogen-bond donors (Lipinski definition) is 5. The predicted molar refractivity (Wildman–Crippen MR) is 165 cm³/mol. The minimum atomic E-state index is -1.15. The minimum absolute atomic E-state index is 0.152. The number of hydrogen-bond acceptors (Lipinski definition) is 8. The summed E-state index contributed by atoms with van der Waals surface area (Å²) in [6.07, 6.45) is 0.641. The van der Waals surface area contributed by atoms with E-state index < -0.39 is 18.0 Å². The largest absolute Gasteiger partial charge is 0.493 e. The fourth-order valence-electron chi connectivity index (χ4n) is 4.46. The highest BCUT2D eigenvalue weighted by molar-refractivity contribution is 5.92. The standard InChI is InChI=1S/C32H42N6O5/c1-42-28-13-7-8-14-29(28)43-27-12-6-5-11-24(27)22-36-32(41)26(16-15-23-9-3-2-4-10-23)37-31(40)25(35)21-30(39)38(19-17-33)20-18-34/h2-14,25-26H,15-22,33-35H2,1H3,(H,36,41)(H,37,40). The molecule has 0 heterocycles. The summed E-state index contributed by atoms with van der Waals surface area (Å²) >= 11 is 0. The van der Waals surface area contributed by atoms with Crippen molar-refractivity contribution in [3.8, 4) is 17.2 Å². The molecule has 0 aliphatic heterocycles. The van der Waals surface area contributed by atoms with E-state index in [1.165, 1.54) is 4.90 Å². The van der Waals surface area contributed by atoms with E-state index in [2.05, 4.69) is 10.6 Å². The monoisotopic (exact) mass is 590 g/mol. The lowest BCUT2D eigenvalue weighted by Gasteiger charge is -2.24. The van der Waals surface area contributed by atoms with Crippen molar-refractivity contribution in [1.29, 1.82) is 0 Å². The van der Waals surface area contributed by atoms with Crippen LogP contribution in [0.4, 0.5) is 0 Å². The summed E-state index contributed by atoms with van der Waals surface area (Å²) in [5.41, 5.74) is 19.0. The van der Waals surface area contributed by atoms with Gasteiger partial charge in [0.15, 0.2) is 11.5 Å². The van der Waals surface area contributed by atoms with Crippen LogP contribution in [0.15, 0.2) is 78.9 Å². The lowest BCUT2D eigenvalue weighted by atomic mass is 10.0. The summed E-state index contributed by atoms with van der Waals surface area (Å²) in [5, 5.41) is 5.68. The molecule has 0 radical (unpaired) electrons. The third kappa shape index (κ3) is 10.4. The molecule has 3 aromatic carbocycles. The highest BCUT2D eigenvalue weighted by Gasteiger charge is 2.26. The van der Waals surface area contributed by atoms with Gasteiger partial charge in [-0.1, -0.05) is 60.7 Å². The van der Waals surface area contributed by atoms with Crippen LogP contribution in [-0.2, 0) is 27.3 Å². The summed E-state index contributed by atoms with van der Waals surface area (Å²) in [6, 6.07) is 22.2. The zero-order chi connectivity index (χ0) is 31.0. The van der Waals surface area contributed by atoms with Gasteiger partial charge in [0.25, 0.3) is 0 Å². The van der Waals surface area contributed by atoms with Crippen LogP contribution in [0, 0.1) is 0 Å². The minimum Gasteiger partial charge on any atom is -0.493 e. The molecule has 0 spiro atoms. The smallest absolute Gasteiger partial charge is 0.242 e. The first-order valence-electron chi connectivity index (χ1n) is 14.3. The van der Waals surface area contributed by atoms with Crippen LogP contribution >= 0.6 is 0 Å². The van der Waals surface area contributed by atoms with Gasteiger partial charge in [0.05, 0.1) is 19.6 Å². The summed E-state index contributed by atoms with van der Waals surface area (Å²) < 4.78 is 11.5. The van der Waals surface area contributed by atoms with Gasteiger partial charge in [0.2, 0.25) is 17.7 Å². The molecule has 0 fully saturated rings. The van der Waals surface area contributed by atoms with Crippen molar-refractivity contribution in [2.45, 2.75) is 37.9 Å². The molecule has 3 rings (SSSR count). The average molecular weight is 591 g/mol. The average Bonchev–Trinajstić information content (AvgIpc) is 3.02. The molecular formula is C32H42N6O5. The second-order valence-corrected chi connectivity index (χ2v) is 9.93. The highest BCUT2D eigenvalue weighted by Crippen LogP contribution is 2.32. The third-order valence-corrected chi connectivity index (χ3v) is 6.79. The Morgan fingerprint density at radius 1 is 0.814 bits per heavy atom. The zero-order valence-electron chi connectivity index (χ0n) is 24.5. The van der Waals surface area contributed by atoms with Gasteiger partial charge < -0.3 is 42.2 Å². The maximum atomic E-state index is 13.4. The Morgan fingerprint density at radius 3 is 2.07 bits per heavy atom. The van der Waals surface area contributed by atoms with E-state index >= 15 is 0 Å². The molecule has 2 unspecified atom stereocenters. The Balaban J connectivity index is 1.69. The van der Waals surface area contributed by atoms with Gasteiger partial charge >= 0.3 is 0 Å². The summed E-state index contributed by atoms with van der Waals surface area (Å²) in [6.45, 7) is 1.31. The summed E-state index contributed by atoms with van der Waals surface area (Å²) in [5.74, 6) is 0.364. The van der Waals surface area contributed by atoms with Crippen molar-refractivity contribution in [1.82, 2.24) is 15.5 Å². The van der Waals surface area contributed by atoms with Crippen molar-refractivity contribution < 1.29 is 23.9 Å². The van der Waals surface area contributed by atoms with Gasteiger partial charge in [-0.25, -0.2) is 0 Å². The van der Waals surface area contributed by atoms with Crippen molar-refractivity contribution in [2.24, 2.45) is 17.2 Å². The highest BCUT2D eigenvalue weighted by atomic mass is 16.5. The molecule has 43 heavy (non-hydrogen) atoms. The van der Waals surface area contributed by atoms with Crippen molar-refractivity contribution in [3.05, 3.63) is 90.0 Å². The van der Waals surface area contributed by atoms with Gasteiger partial charge in [-0.15, -0.1) is 0 Å². The number of nitrogens with zero attached hydrogens (tertiary/aromatic N) is 1. The Morgan fingerprint density at radius 2 is 1.42 bits per heavy atom. The first-order valence-corrected chi connectivity index (χ1v) is 14.3. The van der Waals surface area contributed by atoms with Crippen LogP contribution in [0.3, 0.4) is 0 Å². The number of amides is 3. The molecule has 0 aromatic heterocycles. The second-order valence-electron chi connectivity index (χ2n) is 9.93. The number of carbonyl (C=O) groups excluding carboxylic acids is 3. The normalized spacial score (nSPS) is 12.1. The summed E-state index contributed by atoms with van der Waals surface area (Å²) in [4.78, 5) is 40.7. The second kappa shape index (κ2) is 17.5. The van der Waals surface area contributed by atoms with Crippen molar-refractivity contribution >= 4 is 17.7 Å². The molecule has 3 aromatic rings. The van der Waals surface area contributed by atoms with E-state index in [1.54, 1.807) is 25.3 Å². The number of nitrogens with one attached hydrogen (secondary N) is 2. The van der Waals surface area contributed by atoms with Gasteiger partial charge in [-0.3, -0.25) is 14.4 Å². The number of para-hydroxylation sites is 3. The van der Waals surface area contributed by atoms with Crippen molar-refractivity contribution in [2.75, 3.05) is 33.3 Å². The van der Waals surface area contributed by atoms with Gasteiger partial charge in [0, 0.05) is 38.3 Å². The number of methoxy groups -OCH3 is 1. The van der Waals surface area contributed by atoms with E-state index in [1.807, 2.05) is 60.7 Å². The van der Waals surface area contributed by atoms with Gasteiger partial charge in [0.1, 0.15) is 11.8 Å². The lowest BCUT2D eigenvalue weighted by Crippen LogP contribution is -2.53. The molecule has 0 aliphatic carbocycles. The fourth-order valence-corrected chi connectivity index (χ4v) is 4.46. The van der Waals surface area contributed by atoms with Crippen LogP contribution in [0.1, 0.15) is 24.0 Å². The molecule has 8 N–H and O–H groups in total. The molecule has 2 atom stereocenters. The van der Waals surface area contributed by atoms with E-state index in [-0.39, 0.29) is 37.9 Å². The molecule has 0 aliphatic rings. The topological polar surface area (TPSA) is 175 Å². The van der Waals surface area contributed by atoms with E-state index in [0.29, 0.717) is 43.2 Å². The van der Waals surface area contributed by atoms with Crippen LogP contribution in [0.25, 0.3) is 0 Å². The number of ether oxygens (including phenoxy) is 2. The molecule has 11 nitrogen and oxygen atoms in total. The Hall–Kier alpha value is -4.45. The van der Waals surface area contributed by atoms with Crippen LogP contribution in [0.5, 0.6) is 17.2 Å². The Kier molecular flexibility index (Phi) is 13.4.